The van der Waals surface area contributed by atoms with Crippen molar-refractivity contribution in [3.8, 4) is 0 Å². The van der Waals surface area contributed by atoms with E-state index < -0.39 is 11.5 Å². The zero-order valence-corrected chi connectivity index (χ0v) is 12.8. The van der Waals surface area contributed by atoms with Crippen LogP contribution in [-0.4, -0.2) is 22.5 Å². The Labute approximate surface area is 125 Å². The van der Waals surface area contributed by atoms with Crippen LogP contribution in [-0.2, 0) is 9.59 Å². The number of amides is 1. The second-order valence-corrected chi connectivity index (χ2v) is 5.41. The molecule has 0 aliphatic heterocycles. The van der Waals surface area contributed by atoms with Crippen molar-refractivity contribution in [3.05, 3.63) is 29.8 Å². The highest BCUT2D eigenvalue weighted by molar-refractivity contribution is 5.87. The van der Waals surface area contributed by atoms with Crippen molar-refractivity contribution in [1.82, 2.24) is 5.32 Å². The van der Waals surface area contributed by atoms with Crippen LogP contribution in [0.2, 0.25) is 0 Å². The van der Waals surface area contributed by atoms with Gasteiger partial charge in [0.25, 0.3) is 0 Å². The van der Waals surface area contributed by atoms with Gasteiger partial charge in [-0.3, -0.25) is 4.79 Å². The molecule has 1 rings (SSSR count). The molecule has 1 unspecified atom stereocenters. The van der Waals surface area contributed by atoms with Crippen molar-refractivity contribution in [2.75, 3.05) is 5.73 Å². The van der Waals surface area contributed by atoms with Crippen molar-refractivity contribution in [3.63, 3.8) is 0 Å². The van der Waals surface area contributed by atoms with E-state index in [0.29, 0.717) is 18.5 Å². The lowest BCUT2D eigenvalue weighted by Crippen LogP contribution is -2.53. The molecule has 4 N–H and O–H groups in total. The topological polar surface area (TPSA) is 92.4 Å². The largest absolute Gasteiger partial charge is 0.480 e. The molecule has 0 aliphatic carbocycles. The maximum Gasteiger partial charge on any atom is 0.329 e. The predicted octanol–water partition coefficient (Wildman–Crippen LogP) is 2.52. The number of benzene rings is 1. The molecule has 0 aromatic heterocycles. The first-order chi connectivity index (χ1) is 9.84. The first kappa shape index (κ1) is 17.0. The van der Waals surface area contributed by atoms with Gasteiger partial charge in [-0.15, -0.1) is 0 Å². The number of nitrogens with one attached hydrogen (secondary N) is 1. The Hall–Kier alpha value is -2.04. The van der Waals surface area contributed by atoms with Gasteiger partial charge in [-0.1, -0.05) is 32.9 Å². The lowest BCUT2D eigenvalue weighted by molar-refractivity contribution is -0.148. The summed E-state index contributed by atoms with van der Waals surface area (Å²) in [6, 6.07) is 7.36. The lowest BCUT2D eigenvalue weighted by Gasteiger charge is -2.28. The molecule has 0 heterocycles. The van der Waals surface area contributed by atoms with Crippen molar-refractivity contribution in [2.45, 2.75) is 51.5 Å². The third-order valence-corrected chi connectivity index (χ3v) is 3.99. The summed E-state index contributed by atoms with van der Waals surface area (Å²) < 4.78 is 0. The van der Waals surface area contributed by atoms with Gasteiger partial charge < -0.3 is 16.2 Å². The van der Waals surface area contributed by atoms with Gasteiger partial charge >= 0.3 is 5.97 Å². The molecule has 5 nitrogen and oxygen atoms in total. The average Bonchev–Trinajstić information content (AvgIpc) is 2.45. The van der Waals surface area contributed by atoms with Crippen LogP contribution < -0.4 is 11.1 Å². The number of carboxylic acid groups (broad SMARTS) is 1. The minimum absolute atomic E-state index is 0.00538. The van der Waals surface area contributed by atoms with E-state index in [9.17, 15) is 14.7 Å². The Bertz CT molecular complexity index is 493. The van der Waals surface area contributed by atoms with E-state index in [1.54, 1.807) is 26.0 Å². The minimum atomic E-state index is -1.17. The molecule has 21 heavy (non-hydrogen) atoms. The van der Waals surface area contributed by atoms with E-state index in [4.69, 9.17) is 5.73 Å². The lowest BCUT2D eigenvalue weighted by atomic mass is 9.91. The normalized spacial score (nSPS) is 12.7. The molecule has 0 radical (unpaired) electrons. The summed E-state index contributed by atoms with van der Waals surface area (Å²) in [5, 5.41) is 12.0. The molecule has 1 aromatic carbocycles. The molecule has 1 atom stereocenters. The standard InChI is InChI=1S/C16H24N2O3/c1-4-16(5-2,15(20)21)18-14(19)10-11(3)12-6-8-13(17)9-7-12/h6-9,11H,4-5,10,17H2,1-3H3,(H,18,19)(H,20,21). The highest BCUT2D eigenvalue weighted by Gasteiger charge is 2.36. The molecule has 116 valence electrons. The summed E-state index contributed by atoms with van der Waals surface area (Å²) in [6.07, 6.45) is 0.973. The van der Waals surface area contributed by atoms with Crippen LogP contribution in [0, 0.1) is 0 Å². The number of hydrogen-bond donors (Lipinski definition) is 3. The zero-order valence-electron chi connectivity index (χ0n) is 12.8. The summed E-state index contributed by atoms with van der Waals surface area (Å²) in [7, 11) is 0. The van der Waals surface area contributed by atoms with Gasteiger partial charge in [0, 0.05) is 12.1 Å². The number of hydrogen-bond acceptors (Lipinski definition) is 3. The van der Waals surface area contributed by atoms with E-state index in [0.717, 1.165) is 5.56 Å². The average molecular weight is 292 g/mol. The second-order valence-electron chi connectivity index (χ2n) is 5.41. The quantitative estimate of drug-likeness (QED) is 0.673. The molecule has 0 fully saturated rings. The van der Waals surface area contributed by atoms with Gasteiger partial charge in [-0.2, -0.15) is 0 Å². The fourth-order valence-electron chi connectivity index (χ4n) is 2.32. The minimum Gasteiger partial charge on any atom is -0.480 e. The van der Waals surface area contributed by atoms with Gasteiger partial charge in [-0.25, -0.2) is 4.79 Å². The van der Waals surface area contributed by atoms with E-state index >= 15 is 0 Å². The Morgan fingerprint density at radius 1 is 1.24 bits per heavy atom. The van der Waals surface area contributed by atoms with Crippen molar-refractivity contribution >= 4 is 17.6 Å². The number of carbonyl (C=O) groups is 2. The van der Waals surface area contributed by atoms with E-state index in [-0.39, 0.29) is 18.2 Å². The second kappa shape index (κ2) is 7.11. The first-order valence-corrected chi connectivity index (χ1v) is 7.24. The summed E-state index contributed by atoms with van der Waals surface area (Å²) in [5.74, 6) is -1.22. The Morgan fingerprint density at radius 2 is 1.76 bits per heavy atom. The van der Waals surface area contributed by atoms with E-state index in [2.05, 4.69) is 5.32 Å². The third-order valence-electron chi connectivity index (χ3n) is 3.99. The van der Waals surface area contributed by atoms with Gasteiger partial charge in [-0.05, 0) is 36.5 Å². The molecule has 0 aliphatic rings. The third kappa shape index (κ3) is 4.21. The number of carbonyl (C=O) groups excluding carboxylic acids is 1. The number of anilines is 1. The number of nitrogen functional groups attached to an aromatic ring is 1. The molecule has 0 spiro atoms. The van der Waals surface area contributed by atoms with Crippen LogP contribution in [0.25, 0.3) is 0 Å². The summed E-state index contributed by atoms with van der Waals surface area (Å²) in [6.45, 7) is 5.47. The van der Waals surface area contributed by atoms with Crippen LogP contribution >= 0.6 is 0 Å². The Balaban J connectivity index is 2.72. The van der Waals surface area contributed by atoms with Crippen LogP contribution in [0.4, 0.5) is 5.69 Å². The SMILES string of the molecule is CCC(CC)(NC(=O)CC(C)c1ccc(N)cc1)C(=O)O. The Kier molecular flexibility index (Phi) is 5.76. The fraction of sp³-hybridized carbons (Fsp3) is 0.500. The zero-order chi connectivity index (χ0) is 16.0. The van der Waals surface area contributed by atoms with Crippen LogP contribution in [0.15, 0.2) is 24.3 Å². The first-order valence-electron chi connectivity index (χ1n) is 7.24. The van der Waals surface area contributed by atoms with Crippen LogP contribution in [0.5, 0.6) is 0 Å². The van der Waals surface area contributed by atoms with E-state index in [1.807, 2.05) is 19.1 Å². The van der Waals surface area contributed by atoms with Crippen LogP contribution in [0.3, 0.4) is 0 Å². The molecule has 1 amide bonds. The summed E-state index contributed by atoms with van der Waals surface area (Å²) in [5.41, 5.74) is 6.15. The monoisotopic (exact) mass is 292 g/mol. The predicted molar refractivity (Wildman–Crippen MR) is 83.0 cm³/mol. The number of nitrogens with two attached hydrogens (primary N) is 1. The molecule has 0 bridgehead atoms. The molecular formula is C16H24N2O3. The highest BCUT2D eigenvalue weighted by Crippen LogP contribution is 2.22. The maximum atomic E-state index is 12.1. The molecular weight excluding hydrogens is 268 g/mol. The van der Waals surface area contributed by atoms with Gasteiger partial charge in [0.1, 0.15) is 5.54 Å². The maximum absolute atomic E-state index is 12.1. The summed E-state index contributed by atoms with van der Waals surface area (Å²) in [4.78, 5) is 23.5. The van der Waals surface area contributed by atoms with E-state index in [1.165, 1.54) is 0 Å². The van der Waals surface area contributed by atoms with Gasteiger partial charge in [0.05, 0.1) is 0 Å². The Morgan fingerprint density at radius 3 is 2.19 bits per heavy atom. The van der Waals surface area contributed by atoms with Crippen molar-refractivity contribution in [1.29, 1.82) is 0 Å². The molecule has 0 saturated carbocycles. The fourth-order valence-corrected chi connectivity index (χ4v) is 2.32. The molecule has 5 heteroatoms. The van der Waals surface area contributed by atoms with Crippen LogP contribution in [0.1, 0.15) is 51.5 Å². The van der Waals surface area contributed by atoms with Gasteiger partial charge in [0.15, 0.2) is 0 Å². The molecule has 0 saturated heterocycles. The van der Waals surface area contributed by atoms with Crippen molar-refractivity contribution in [2.24, 2.45) is 0 Å². The van der Waals surface area contributed by atoms with Crippen molar-refractivity contribution < 1.29 is 14.7 Å². The number of rotatable bonds is 7. The highest BCUT2D eigenvalue weighted by atomic mass is 16.4. The molecule has 1 aromatic rings. The number of carboxylic acids is 1. The number of aliphatic carboxylic acids is 1. The summed E-state index contributed by atoms with van der Waals surface area (Å²) >= 11 is 0. The smallest absolute Gasteiger partial charge is 0.329 e. The van der Waals surface area contributed by atoms with Gasteiger partial charge in [0.2, 0.25) is 5.91 Å².